The second-order valence-corrected chi connectivity index (χ2v) is 3.90. The van der Waals surface area contributed by atoms with Crippen molar-refractivity contribution in [2.75, 3.05) is 0 Å². The Morgan fingerprint density at radius 1 is 0.875 bits per heavy atom. The molecule has 0 fully saturated rings. The molecule has 0 radical (unpaired) electrons. The highest BCUT2D eigenvalue weighted by atomic mass is 15.7. The van der Waals surface area contributed by atoms with Gasteiger partial charge in [-0.3, -0.25) is 5.41 Å². The molecule has 0 aromatic rings. The Bertz CT molecular complexity index is 309. The lowest BCUT2D eigenvalue weighted by atomic mass is 10.5. The number of nitrogens with zero attached hydrogens (tertiary/aromatic N) is 4. The maximum atomic E-state index is 7.72. The van der Waals surface area contributed by atoms with Gasteiger partial charge in [-0.25, -0.2) is 5.43 Å². The van der Waals surface area contributed by atoms with Gasteiger partial charge in [-0.05, 0) is 41.5 Å². The van der Waals surface area contributed by atoms with E-state index in [0.29, 0.717) is 0 Å². The van der Waals surface area contributed by atoms with Crippen LogP contribution in [0.1, 0.15) is 41.5 Å². The molecule has 0 saturated heterocycles. The van der Waals surface area contributed by atoms with Gasteiger partial charge in [-0.1, -0.05) is 0 Å². The third-order valence-electron chi connectivity index (χ3n) is 1.17. The van der Waals surface area contributed by atoms with Gasteiger partial charge in [0.1, 0.15) is 0 Å². The molecule has 6 heteroatoms. The molecule has 0 bridgehead atoms. The topological polar surface area (TPSA) is 76.2 Å². The van der Waals surface area contributed by atoms with Crippen LogP contribution in [-0.4, -0.2) is 28.2 Å². The number of hydrogen-bond donors (Lipinski definition) is 2. The van der Waals surface area contributed by atoms with Gasteiger partial charge >= 0.3 is 0 Å². The molecule has 0 saturated carbocycles. The summed E-state index contributed by atoms with van der Waals surface area (Å²) in [5, 5.41) is 21.1. The van der Waals surface area contributed by atoms with Gasteiger partial charge in [0.15, 0.2) is 0 Å². The van der Waals surface area contributed by atoms with Crippen LogP contribution in [0, 0.1) is 5.41 Å². The normalized spacial score (nSPS) is 8.88. The Balaban J connectivity index is 4.78. The lowest BCUT2D eigenvalue weighted by molar-refractivity contribution is 0.451. The SMILES string of the molecule is CC(C)=NNC(=N)N(N=C(C)C)N=C(C)C. The van der Waals surface area contributed by atoms with Crippen LogP contribution in [0.3, 0.4) is 0 Å². The number of guanidine groups is 1. The molecule has 0 aliphatic heterocycles. The first-order valence-corrected chi connectivity index (χ1v) is 5.02. The van der Waals surface area contributed by atoms with Crippen LogP contribution in [-0.2, 0) is 0 Å². The van der Waals surface area contributed by atoms with E-state index in [1.54, 1.807) is 0 Å². The van der Waals surface area contributed by atoms with E-state index in [2.05, 4.69) is 20.7 Å². The number of rotatable bonds is 3. The van der Waals surface area contributed by atoms with Crippen LogP contribution in [0.25, 0.3) is 0 Å². The van der Waals surface area contributed by atoms with Gasteiger partial charge in [0.25, 0.3) is 5.96 Å². The minimum atomic E-state index is 0.0172. The minimum absolute atomic E-state index is 0.0172. The maximum Gasteiger partial charge on any atom is 0.255 e. The van der Waals surface area contributed by atoms with E-state index in [9.17, 15) is 0 Å². The number of nitrogens with one attached hydrogen (secondary N) is 2. The van der Waals surface area contributed by atoms with Gasteiger partial charge in [0, 0.05) is 17.1 Å². The molecule has 0 rings (SSSR count). The minimum Gasteiger partial charge on any atom is -0.265 e. The molecular formula is C10H20N6. The molecule has 0 aromatic carbocycles. The van der Waals surface area contributed by atoms with E-state index in [4.69, 9.17) is 5.41 Å². The smallest absolute Gasteiger partial charge is 0.255 e. The highest BCUT2D eigenvalue weighted by Crippen LogP contribution is 1.94. The summed E-state index contributed by atoms with van der Waals surface area (Å²) in [5.41, 5.74) is 5.04. The van der Waals surface area contributed by atoms with Crippen molar-refractivity contribution in [3.8, 4) is 0 Å². The summed E-state index contributed by atoms with van der Waals surface area (Å²) in [4.78, 5) is 0. The summed E-state index contributed by atoms with van der Waals surface area (Å²) in [6.07, 6.45) is 0. The van der Waals surface area contributed by atoms with E-state index in [1.807, 2.05) is 41.5 Å². The van der Waals surface area contributed by atoms with Crippen LogP contribution in [0.15, 0.2) is 15.3 Å². The Labute approximate surface area is 96.6 Å². The van der Waals surface area contributed by atoms with Crippen molar-refractivity contribution in [1.29, 1.82) is 5.41 Å². The molecule has 0 atom stereocenters. The molecule has 0 heterocycles. The maximum absolute atomic E-state index is 7.72. The monoisotopic (exact) mass is 224 g/mol. The molecule has 0 aromatic heterocycles. The quantitative estimate of drug-likeness (QED) is 0.437. The third kappa shape index (κ3) is 6.69. The first kappa shape index (κ1) is 14.3. The van der Waals surface area contributed by atoms with Crippen molar-refractivity contribution in [3.63, 3.8) is 0 Å². The fourth-order valence-corrected chi connectivity index (χ4v) is 0.711. The Kier molecular flexibility index (Phi) is 5.99. The van der Waals surface area contributed by atoms with Crippen LogP contribution in [0.4, 0.5) is 0 Å². The first-order chi connectivity index (χ1) is 7.32. The molecule has 90 valence electrons. The molecule has 0 unspecified atom stereocenters. The van der Waals surface area contributed by atoms with Crippen molar-refractivity contribution in [1.82, 2.24) is 10.5 Å². The molecule has 0 aliphatic carbocycles. The molecular weight excluding hydrogens is 204 g/mol. The molecule has 6 nitrogen and oxygen atoms in total. The number of hydrogen-bond acceptors (Lipinski definition) is 4. The summed E-state index contributed by atoms with van der Waals surface area (Å²) in [7, 11) is 0. The van der Waals surface area contributed by atoms with E-state index >= 15 is 0 Å². The zero-order valence-electron chi connectivity index (χ0n) is 10.8. The Hall–Kier alpha value is -1.72. The second-order valence-electron chi connectivity index (χ2n) is 3.90. The predicted octanol–water partition coefficient (Wildman–Crippen LogP) is 2.00. The largest absolute Gasteiger partial charge is 0.265 e. The fraction of sp³-hybridized carbons (Fsp3) is 0.600. The summed E-state index contributed by atoms with van der Waals surface area (Å²) in [5.74, 6) is 0.0172. The highest BCUT2D eigenvalue weighted by molar-refractivity contribution is 5.86. The van der Waals surface area contributed by atoms with E-state index < -0.39 is 0 Å². The lowest BCUT2D eigenvalue weighted by Crippen LogP contribution is -2.32. The zero-order valence-corrected chi connectivity index (χ0v) is 10.8. The predicted molar refractivity (Wildman–Crippen MR) is 69.1 cm³/mol. The summed E-state index contributed by atoms with van der Waals surface area (Å²) >= 11 is 0. The summed E-state index contributed by atoms with van der Waals surface area (Å²) < 4.78 is 0. The van der Waals surface area contributed by atoms with Gasteiger partial charge in [0.05, 0.1) is 0 Å². The molecule has 0 aliphatic rings. The van der Waals surface area contributed by atoms with Crippen molar-refractivity contribution >= 4 is 23.1 Å². The van der Waals surface area contributed by atoms with Crippen LogP contribution < -0.4 is 5.43 Å². The average molecular weight is 224 g/mol. The Morgan fingerprint density at radius 3 is 1.62 bits per heavy atom. The van der Waals surface area contributed by atoms with Gasteiger partial charge in [0.2, 0.25) is 0 Å². The van der Waals surface area contributed by atoms with Crippen molar-refractivity contribution in [3.05, 3.63) is 0 Å². The third-order valence-corrected chi connectivity index (χ3v) is 1.17. The Morgan fingerprint density at radius 2 is 1.31 bits per heavy atom. The molecule has 2 N–H and O–H groups in total. The number of hydrazone groups is 3. The summed E-state index contributed by atoms with van der Waals surface area (Å²) in [6.45, 7) is 11.1. The zero-order chi connectivity index (χ0) is 12.7. The average Bonchev–Trinajstić information content (AvgIpc) is 2.11. The van der Waals surface area contributed by atoms with E-state index in [1.165, 1.54) is 5.12 Å². The van der Waals surface area contributed by atoms with Gasteiger partial charge < -0.3 is 0 Å². The van der Waals surface area contributed by atoms with E-state index in [0.717, 1.165) is 17.1 Å². The molecule has 0 spiro atoms. The first-order valence-electron chi connectivity index (χ1n) is 5.02. The van der Waals surface area contributed by atoms with E-state index in [-0.39, 0.29) is 5.96 Å². The van der Waals surface area contributed by atoms with Crippen LogP contribution in [0.2, 0.25) is 0 Å². The van der Waals surface area contributed by atoms with Crippen LogP contribution in [0.5, 0.6) is 0 Å². The van der Waals surface area contributed by atoms with Gasteiger partial charge in [-0.15, -0.1) is 5.12 Å². The molecule has 16 heavy (non-hydrogen) atoms. The highest BCUT2D eigenvalue weighted by Gasteiger charge is 2.06. The summed E-state index contributed by atoms with van der Waals surface area (Å²) in [6, 6.07) is 0. The fourth-order valence-electron chi connectivity index (χ4n) is 0.711. The molecule has 0 amide bonds. The second kappa shape index (κ2) is 6.71. The lowest BCUT2D eigenvalue weighted by Gasteiger charge is -2.14. The van der Waals surface area contributed by atoms with Crippen molar-refractivity contribution in [2.24, 2.45) is 15.3 Å². The van der Waals surface area contributed by atoms with Crippen molar-refractivity contribution < 1.29 is 0 Å². The van der Waals surface area contributed by atoms with Crippen LogP contribution >= 0.6 is 0 Å². The van der Waals surface area contributed by atoms with Crippen molar-refractivity contribution in [2.45, 2.75) is 41.5 Å². The van der Waals surface area contributed by atoms with Gasteiger partial charge in [-0.2, -0.15) is 15.3 Å². The standard InChI is InChI=1S/C10H20N6/c1-7(2)12-13-10(11)16(14-8(3)4)15-9(5)6/h1-6H3,(H2,11,13).